The van der Waals surface area contributed by atoms with Crippen LogP contribution < -0.4 is 11.5 Å². The van der Waals surface area contributed by atoms with E-state index < -0.39 is 0 Å². The molecule has 0 aliphatic rings. The number of aromatic nitrogens is 5. The minimum Gasteiger partial charge on any atom is -0.463 e. The van der Waals surface area contributed by atoms with Crippen molar-refractivity contribution in [1.82, 2.24) is 24.7 Å². The second-order valence-corrected chi connectivity index (χ2v) is 5.16. The van der Waals surface area contributed by atoms with E-state index in [1.54, 1.807) is 30.3 Å². The molecule has 0 saturated carbocycles. The van der Waals surface area contributed by atoms with Crippen molar-refractivity contribution in [2.75, 3.05) is 11.5 Å². The second kappa shape index (κ2) is 5.71. The van der Waals surface area contributed by atoms with Crippen LogP contribution in [-0.4, -0.2) is 24.7 Å². The average molecular weight is 337 g/mol. The predicted molar refractivity (Wildman–Crippen MR) is 88.9 cm³/mol. The van der Waals surface area contributed by atoms with Gasteiger partial charge < -0.3 is 15.9 Å². The van der Waals surface area contributed by atoms with E-state index in [1.165, 1.54) is 23.1 Å². The van der Waals surface area contributed by atoms with Crippen LogP contribution in [0.15, 0.2) is 53.1 Å². The van der Waals surface area contributed by atoms with Crippen LogP contribution in [0.2, 0.25) is 0 Å². The van der Waals surface area contributed by atoms with Gasteiger partial charge in [0.05, 0.1) is 12.0 Å². The van der Waals surface area contributed by atoms with Gasteiger partial charge in [0.25, 0.3) is 0 Å². The summed E-state index contributed by atoms with van der Waals surface area (Å²) in [6.45, 7) is 0. The molecule has 0 spiro atoms. The minimum absolute atomic E-state index is 0.0117. The maximum atomic E-state index is 13.6. The fourth-order valence-corrected chi connectivity index (χ4v) is 2.42. The molecule has 0 saturated heterocycles. The van der Waals surface area contributed by atoms with E-state index in [2.05, 4.69) is 20.1 Å². The molecule has 0 aliphatic heterocycles. The van der Waals surface area contributed by atoms with Gasteiger partial charge in [0.15, 0.2) is 11.6 Å². The van der Waals surface area contributed by atoms with Gasteiger partial charge in [-0.05, 0) is 36.4 Å². The number of benzene rings is 1. The number of furan rings is 1. The van der Waals surface area contributed by atoms with Gasteiger partial charge in [-0.25, -0.2) is 9.07 Å². The third-order valence-corrected chi connectivity index (χ3v) is 3.43. The Morgan fingerprint density at radius 3 is 2.44 bits per heavy atom. The van der Waals surface area contributed by atoms with Crippen LogP contribution in [0.1, 0.15) is 0 Å². The lowest BCUT2D eigenvalue weighted by molar-refractivity contribution is 0.576. The quantitative estimate of drug-likeness (QED) is 0.588. The summed E-state index contributed by atoms with van der Waals surface area (Å²) in [5.74, 6) is 0.365. The van der Waals surface area contributed by atoms with E-state index in [0.29, 0.717) is 22.8 Å². The zero-order valence-electron chi connectivity index (χ0n) is 12.8. The molecule has 4 aromatic rings. The lowest BCUT2D eigenvalue weighted by atomic mass is 10.2. The van der Waals surface area contributed by atoms with Gasteiger partial charge in [0.2, 0.25) is 11.9 Å². The predicted octanol–water partition coefficient (Wildman–Crippen LogP) is 2.29. The number of halogens is 1. The van der Waals surface area contributed by atoms with Crippen LogP contribution in [0, 0.1) is 5.82 Å². The van der Waals surface area contributed by atoms with Gasteiger partial charge >= 0.3 is 0 Å². The normalized spacial score (nSPS) is 10.9. The smallest absolute Gasteiger partial charge is 0.225 e. The fraction of sp³-hybridized carbons (Fsp3) is 0. The summed E-state index contributed by atoms with van der Waals surface area (Å²) in [5, 5.41) is 4.46. The van der Waals surface area contributed by atoms with Crippen LogP contribution >= 0.6 is 0 Å². The Kier molecular flexibility index (Phi) is 3.38. The van der Waals surface area contributed by atoms with Crippen LogP contribution in [0.5, 0.6) is 0 Å². The molecule has 0 aliphatic carbocycles. The Morgan fingerprint density at radius 1 is 0.960 bits per heavy atom. The second-order valence-electron chi connectivity index (χ2n) is 5.16. The highest BCUT2D eigenvalue weighted by molar-refractivity contribution is 5.65. The topological polar surface area (TPSA) is 122 Å². The van der Waals surface area contributed by atoms with Crippen molar-refractivity contribution in [2.24, 2.45) is 0 Å². The number of nitrogens with two attached hydrogens (primary N) is 2. The summed E-state index contributed by atoms with van der Waals surface area (Å²) in [5.41, 5.74) is 12.8. The first-order valence-electron chi connectivity index (χ1n) is 7.27. The molecule has 0 unspecified atom stereocenters. The maximum Gasteiger partial charge on any atom is 0.225 e. The summed E-state index contributed by atoms with van der Waals surface area (Å²) in [7, 11) is 0. The molecule has 8 nitrogen and oxygen atoms in total. The van der Waals surface area contributed by atoms with Crippen molar-refractivity contribution < 1.29 is 8.81 Å². The molecule has 124 valence electrons. The van der Waals surface area contributed by atoms with Crippen LogP contribution in [-0.2, 0) is 0 Å². The molecule has 0 atom stereocenters. The number of anilines is 2. The molecule has 3 aromatic heterocycles. The summed E-state index contributed by atoms with van der Waals surface area (Å²) in [4.78, 5) is 11.8. The number of nitrogens with zero attached hydrogens (tertiary/aromatic N) is 5. The zero-order chi connectivity index (χ0) is 17.4. The number of nitrogen functional groups attached to an aromatic ring is 2. The SMILES string of the molecule is Nc1nc(N)nc(-c2cc(-c3ccco3)n(-c3cccc(F)c3)n2)n1. The minimum atomic E-state index is -0.381. The van der Waals surface area contributed by atoms with Gasteiger partial charge in [-0.2, -0.15) is 20.1 Å². The van der Waals surface area contributed by atoms with Crippen molar-refractivity contribution >= 4 is 11.9 Å². The first-order chi connectivity index (χ1) is 12.1. The number of rotatable bonds is 3. The Morgan fingerprint density at radius 2 is 1.76 bits per heavy atom. The van der Waals surface area contributed by atoms with Crippen LogP contribution in [0.4, 0.5) is 16.3 Å². The summed E-state index contributed by atoms with van der Waals surface area (Å²) >= 11 is 0. The van der Waals surface area contributed by atoms with E-state index in [0.717, 1.165) is 0 Å². The molecule has 1 aromatic carbocycles. The molecule has 0 radical (unpaired) electrons. The average Bonchev–Trinajstić information content (AvgIpc) is 3.23. The first kappa shape index (κ1) is 14.8. The van der Waals surface area contributed by atoms with Gasteiger partial charge in [0.1, 0.15) is 17.2 Å². The first-order valence-corrected chi connectivity index (χ1v) is 7.27. The standard InChI is InChI=1S/C16H12FN7O/c17-9-3-1-4-10(7-9)24-12(13-5-2-6-25-13)8-11(23-24)14-20-15(18)22-16(19)21-14/h1-8H,(H4,18,19,20,21,22). The van der Waals surface area contributed by atoms with Gasteiger partial charge in [-0.3, -0.25) is 0 Å². The van der Waals surface area contributed by atoms with Gasteiger partial charge in [-0.1, -0.05) is 6.07 Å². The molecular weight excluding hydrogens is 325 g/mol. The Bertz CT molecular complexity index is 1020. The highest BCUT2D eigenvalue weighted by atomic mass is 19.1. The molecule has 9 heteroatoms. The summed E-state index contributed by atoms with van der Waals surface area (Å²) < 4.78 is 20.6. The van der Waals surface area contributed by atoms with E-state index in [9.17, 15) is 4.39 Å². The Labute approximate surface area is 141 Å². The van der Waals surface area contributed by atoms with E-state index in [4.69, 9.17) is 15.9 Å². The largest absolute Gasteiger partial charge is 0.463 e. The lowest BCUT2D eigenvalue weighted by Crippen LogP contribution is -2.05. The van der Waals surface area contributed by atoms with E-state index in [1.807, 2.05) is 0 Å². The fourth-order valence-electron chi connectivity index (χ4n) is 2.42. The molecule has 25 heavy (non-hydrogen) atoms. The maximum absolute atomic E-state index is 13.6. The molecule has 4 rings (SSSR count). The summed E-state index contributed by atoms with van der Waals surface area (Å²) in [6, 6.07) is 11.3. The van der Waals surface area contributed by atoms with Crippen molar-refractivity contribution in [1.29, 1.82) is 0 Å². The van der Waals surface area contributed by atoms with Crippen molar-refractivity contribution in [3.63, 3.8) is 0 Å². The van der Waals surface area contributed by atoms with Crippen molar-refractivity contribution in [3.05, 3.63) is 54.5 Å². The molecule has 0 amide bonds. The van der Waals surface area contributed by atoms with E-state index >= 15 is 0 Å². The van der Waals surface area contributed by atoms with Crippen LogP contribution in [0.3, 0.4) is 0 Å². The molecule has 0 bridgehead atoms. The Balaban J connectivity index is 1.92. The number of hydrogen-bond donors (Lipinski definition) is 2. The molecule has 4 N–H and O–H groups in total. The van der Waals surface area contributed by atoms with Crippen LogP contribution in [0.25, 0.3) is 28.7 Å². The summed E-state index contributed by atoms with van der Waals surface area (Å²) in [6.07, 6.45) is 1.54. The Hall–Kier alpha value is -3.75. The lowest BCUT2D eigenvalue weighted by Gasteiger charge is -2.05. The zero-order valence-corrected chi connectivity index (χ0v) is 12.8. The van der Waals surface area contributed by atoms with Crippen molar-refractivity contribution in [2.45, 2.75) is 0 Å². The van der Waals surface area contributed by atoms with E-state index in [-0.39, 0.29) is 23.5 Å². The third-order valence-electron chi connectivity index (χ3n) is 3.43. The molecule has 0 fully saturated rings. The third kappa shape index (κ3) is 2.78. The molecular formula is C16H12FN7O. The van der Waals surface area contributed by atoms with Crippen molar-refractivity contribution in [3.8, 4) is 28.7 Å². The highest BCUT2D eigenvalue weighted by Gasteiger charge is 2.17. The van der Waals surface area contributed by atoms with Gasteiger partial charge in [0, 0.05) is 0 Å². The van der Waals surface area contributed by atoms with Gasteiger partial charge in [-0.15, -0.1) is 0 Å². The highest BCUT2D eigenvalue weighted by Crippen LogP contribution is 2.28. The number of hydrogen-bond acceptors (Lipinski definition) is 7. The monoisotopic (exact) mass is 337 g/mol. The molecule has 3 heterocycles.